The van der Waals surface area contributed by atoms with Gasteiger partial charge in [-0.3, -0.25) is 0 Å². The van der Waals surface area contributed by atoms with Crippen molar-refractivity contribution >= 4 is 23.2 Å². The van der Waals surface area contributed by atoms with Gasteiger partial charge in [0.15, 0.2) is 0 Å². The molecule has 2 rings (SSSR count). The largest absolute Gasteiger partial charge is 0.351 e. The molecule has 1 unspecified atom stereocenters. The number of hydrogen-bond donors (Lipinski definition) is 0. The maximum atomic E-state index is 6.03. The van der Waals surface area contributed by atoms with E-state index in [1.807, 2.05) is 42.5 Å². The Bertz CT molecular complexity index is 350. The molecule has 0 spiro atoms. The van der Waals surface area contributed by atoms with Crippen LogP contribution in [0.15, 0.2) is 46.8 Å². The fourth-order valence-corrected chi connectivity index (χ4v) is 1.83. The van der Waals surface area contributed by atoms with Crippen LogP contribution < -0.4 is 0 Å². The highest BCUT2D eigenvalue weighted by Gasteiger charge is 2.18. The molecule has 0 aromatic heterocycles. The molecule has 1 aliphatic heterocycles. The lowest BCUT2D eigenvalue weighted by molar-refractivity contribution is 0.571. The van der Waals surface area contributed by atoms with Gasteiger partial charge in [0.2, 0.25) is 0 Å². The third-order valence-electron chi connectivity index (χ3n) is 2.12. The lowest BCUT2D eigenvalue weighted by Gasteiger charge is -2.26. The normalized spacial score (nSPS) is 26.2. The Hall–Kier alpha value is -0.660. The van der Waals surface area contributed by atoms with Crippen LogP contribution in [-0.2, 0) is 0 Å². The molecule has 1 nitrogen and oxygen atoms in total. The SMILES string of the molecule is CN1C=CC(Cl)=C2C=CC(Cl)C=C21. The minimum Gasteiger partial charge on any atom is -0.351 e. The van der Waals surface area contributed by atoms with Crippen LogP contribution in [0.5, 0.6) is 0 Å². The summed E-state index contributed by atoms with van der Waals surface area (Å²) in [5.41, 5.74) is 2.12. The van der Waals surface area contributed by atoms with Gasteiger partial charge in [-0.2, -0.15) is 0 Å². The molecule has 0 N–H and O–H groups in total. The summed E-state index contributed by atoms with van der Waals surface area (Å²) < 4.78 is 0. The van der Waals surface area contributed by atoms with Crippen molar-refractivity contribution in [1.29, 1.82) is 0 Å². The number of likely N-dealkylation sites (N-methyl/N-ethyl adjacent to an activating group) is 1. The van der Waals surface area contributed by atoms with E-state index in [-0.39, 0.29) is 5.38 Å². The van der Waals surface area contributed by atoms with E-state index in [1.54, 1.807) is 0 Å². The lowest BCUT2D eigenvalue weighted by atomic mass is 10.0. The number of alkyl halides is 1. The molecule has 2 aliphatic rings. The average molecular weight is 214 g/mol. The Morgan fingerprint density at radius 1 is 1.38 bits per heavy atom. The van der Waals surface area contributed by atoms with Gasteiger partial charge in [-0.1, -0.05) is 23.8 Å². The second-order valence-electron chi connectivity index (χ2n) is 3.04. The smallest absolute Gasteiger partial charge is 0.0723 e. The highest BCUT2D eigenvalue weighted by atomic mass is 35.5. The maximum absolute atomic E-state index is 6.03. The second-order valence-corrected chi connectivity index (χ2v) is 3.95. The van der Waals surface area contributed by atoms with Gasteiger partial charge in [0.05, 0.1) is 10.4 Å². The van der Waals surface area contributed by atoms with Gasteiger partial charge in [0.25, 0.3) is 0 Å². The first-order valence-corrected chi connectivity index (χ1v) is 4.85. The van der Waals surface area contributed by atoms with Crippen molar-refractivity contribution in [2.24, 2.45) is 0 Å². The zero-order chi connectivity index (χ0) is 9.42. The van der Waals surface area contributed by atoms with Crippen molar-refractivity contribution in [2.75, 3.05) is 7.05 Å². The summed E-state index contributed by atoms with van der Waals surface area (Å²) in [6.45, 7) is 0. The number of nitrogens with zero attached hydrogens (tertiary/aromatic N) is 1. The lowest BCUT2D eigenvalue weighted by Crippen LogP contribution is -2.18. The quantitative estimate of drug-likeness (QED) is 0.560. The molecule has 0 aromatic carbocycles. The minimum atomic E-state index is -0.0304. The summed E-state index contributed by atoms with van der Waals surface area (Å²) in [6, 6.07) is 0. The Morgan fingerprint density at radius 2 is 2.15 bits per heavy atom. The predicted octanol–water partition coefficient (Wildman–Crippen LogP) is 3.00. The second kappa shape index (κ2) is 3.24. The van der Waals surface area contributed by atoms with Crippen LogP contribution in [0.3, 0.4) is 0 Å². The highest BCUT2D eigenvalue weighted by molar-refractivity contribution is 6.32. The molecule has 1 aliphatic carbocycles. The molecule has 3 heteroatoms. The van der Waals surface area contributed by atoms with Crippen LogP contribution in [0.4, 0.5) is 0 Å². The maximum Gasteiger partial charge on any atom is 0.0723 e. The number of hydrogen-bond acceptors (Lipinski definition) is 1. The average Bonchev–Trinajstić information content (AvgIpc) is 2.12. The fraction of sp³-hybridized carbons (Fsp3) is 0.200. The molecule has 13 heavy (non-hydrogen) atoms. The van der Waals surface area contributed by atoms with Crippen molar-refractivity contribution in [2.45, 2.75) is 5.38 Å². The van der Waals surface area contributed by atoms with E-state index in [1.165, 1.54) is 0 Å². The zero-order valence-electron chi connectivity index (χ0n) is 7.17. The van der Waals surface area contributed by atoms with Gasteiger partial charge in [-0.25, -0.2) is 0 Å². The number of fused-ring (bicyclic) bond motifs is 1. The first-order valence-electron chi connectivity index (χ1n) is 4.04. The van der Waals surface area contributed by atoms with E-state index >= 15 is 0 Å². The van der Waals surface area contributed by atoms with E-state index < -0.39 is 0 Å². The molecule has 0 fully saturated rings. The molecule has 0 aromatic rings. The van der Waals surface area contributed by atoms with Gasteiger partial charge in [0, 0.05) is 24.5 Å². The third kappa shape index (κ3) is 1.54. The first kappa shape index (κ1) is 8.92. The Kier molecular flexibility index (Phi) is 2.22. The first-order chi connectivity index (χ1) is 6.18. The van der Waals surface area contributed by atoms with Gasteiger partial charge in [0.1, 0.15) is 0 Å². The van der Waals surface area contributed by atoms with Gasteiger partial charge in [-0.15, -0.1) is 11.6 Å². The molecule has 1 atom stereocenters. The van der Waals surface area contributed by atoms with Crippen molar-refractivity contribution in [3.8, 4) is 0 Å². The summed E-state index contributed by atoms with van der Waals surface area (Å²) in [4.78, 5) is 2.01. The van der Waals surface area contributed by atoms with Gasteiger partial charge >= 0.3 is 0 Å². The Balaban J connectivity index is 2.48. The monoisotopic (exact) mass is 213 g/mol. The van der Waals surface area contributed by atoms with E-state index in [0.29, 0.717) is 0 Å². The molecule has 68 valence electrons. The van der Waals surface area contributed by atoms with Crippen LogP contribution in [0, 0.1) is 0 Å². The number of rotatable bonds is 0. The summed E-state index contributed by atoms with van der Waals surface area (Å²) in [5, 5.41) is 0.737. The van der Waals surface area contributed by atoms with Crippen molar-refractivity contribution in [3.05, 3.63) is 46.8 Å². The summed E-state index contributed by atoms with van der Waals surface area (Å²) >= 11 is 12.0. The minimum absolute atomic E-state index is 0.0304. The third-order valence-corrected chi connectivity index (χ3v) is 2.72. The van der Waals surface area contributed by atoms with Gasteiger partial charge in [-0.05, 0) is 12.2 Å². The molecule has 0 bridgehead atoms. The van der Waals surface area contributed by atoms with Crippen molar-refractivity contribution in [3.63, 3.8) is 0 Å². The Labute approximate surface area is 87.6 Å². The van der Waals surface area contributed by atoms with E-state index in [2.05, 4.69) is 0 Å². The highest BCUT2D eigenvalue weighted by Crippen LogP contribution is 2.31. The van der Waals surface area contributed by atoms with Gasteiger partial charge < -0.3 is 4.90 Å². The topological polar surface area (TPSA) is 3.24 Å². The molecular weight excluding hydrogens is 205 g/mol. The van der Waals surface area contributed by atoms with E-state index in [0.717, 1.165) is 16.3 Å². The Morgan fingerprint density at radius 3 is 2.92 bits per heavy atom. The van der Waals surface area contributed by atoms with Crippen LogP contribution in [0.1, 0.15) is 0 Å². The molecule has 0 radical (unpaired) electrons. The number of halogens is 2. The van der Waals surface area contributed by atoms with Crippen LogP contribution in [0.25, 0.3) is 0 Å². The summed E-state index contributed by atoms with van der Waals surface area (Å²) in [5.74, 6) is 0. The van der Waals surface area contributed by atoms with Crippen LogP contribution in [0.2, 0.25) is 0 Å². The summed E-state index contributed by atoms with van der Waals surface area (Å²) in [6.07, 6.45) is 9.70. The van der Waals surface area contributed by atoms with Crippen LogP contribution >= 0.6 is 23.2 Å². The zero-order valence-corrected chi connectivity index (χ0v) is 8.68. The predicted molar refractivity (Wildman–Crippen MR) is 56.6 cm³/mol. The van der Waals surface area contributed by atoms with Crippen LogP contribution in [-0.4, -0.2) is 17.3 Å². The molecule has 0 saturated heterocycles. The molecular formula is C10H9Cl2N. The molecule has 0 saturated carbocycles. The molecule has 0 amide bonds. The van der Waals surface area contributed by atoms with Crippen molar-refractivity contribution < 1.29 is 0 Å². The standard InChI is InChI=1S/C10H9Cl2N/c1-13-5-4-9(12)8-3-2-7(11)6-10(8)13/h2-7H,1H3. The van der Waals surface area contributed by atoms with Crippen molar-refractivity contribution in [1.82, 2.24) is 4.90 Å². The van der Waals surface area contributed by atoms with E-state index in [9.17, 15) is 0 Å². The molecule has 1 heterocycles. The fourth-order valence-electron chi connectivity index (χ4n) is 1.43. The summed E-state index contributed by atoms with van der Waals surface area (Å²) in [7, 11) is 1.98. The van der Waals surface area contributed by atoms with E-state index in [4.69, 9.17) is 23.2 Å². The number of allylic oxidation sites excluding steroid dienone is 5.